The Morgan fingerprint density at radius 2 is 1.75 bits per heavy atom. The van der Waals surface area contributed by atoms with Gasteiger partial charge in [-0.1, -0.05) is 6.08 Å². The largest absolute Gasteiger partial charge is 0.350 e. The molecule has 3 nitrogen and oxygen atoms in total. The maximum atomic E-state index is 11.8. The van der Waals surface area contributed by atoms with Crippen LogP contribution < -0.4 is 0 Å². The molecule has 1 heterocycles. The number of ketones is 2. The van der Waals surface area contributed by atoms with Crippen molar-refractivity contribution in [3.63, 3.8) is 0 Å². The molecule has 0 radical (unpaired) electrons. The van der Waals surface area contributed by atoms with Crippen LogP contribution in [0, 0.1) is 0 Å². The topological polar surface area (TPSA) is 37.4 Å². The van der Waals surface area contributed by atoms with Gasteiger partial charge in [0, 0.05) is 26.1 Å². The summed E-state index contributed by atoms with van der Waals surface area (Å²) in [6.07, 6.45) is 7.39. The van der Waals surface area contributed by atoms with Crippen molar-refractivity contribution in [2.45, 2.75) is 26.2 Å². The highest BCUT2D eigenvalue weighted by Crippen LogP contribution is 2.25. The number of allylic oxidation sites excluding steroid dienone is 4. The van der Waals surface area contributed by atoms with E-state index in [1.807, 2.05) is 37.2 Å². The van der Waals surface area contributed by atoms with Gasteiger partial charge in [-0.05, 0) is 25.0 Å². The Morgan fingerprint density at radius 3 is 2.31 bits per heavy atom. The SMILES string of the molecule is CC1=CN(C)C(=C2C(=O)CCCC2=O)C=C1. The van der Waals surface area contributed by atoms with Crippen LogP contribution in [0.25, 0.3) is 0 Å². The zero-order valence-corrected chi connectivity index (χ0v) is 9.62. The summed E-state index contributed by atoms with van der Waals surface area (Å²) in [5, 5.41) is 0. The lowest BCUT2D eigenvalue weighted by atomic mass is 9.90. The first-order valence-corrected chi connectivity index (χ1v) is 5.49. The zero-order valence-electron chi connectivity index (χ0n) is 9.62. The molecule has 3 heteroatoms. The Balaban J connectivity index is 2.44. The first-order valence-electron chi connectivity index (χ1n) is 5.49. The van der Waals surface area contributed by atoms with Crippen LogP contribution in [-0.2, 0) is 9.59 Å². The lowest BCUT2D eigenvalue weighted by molar-refractivity contribution is -0.123. The molecule has 1 fully saturated rings. The number of carbonyl (C=O) groups is 2. The van der Waals surface area contributed by atoms with Crippen molar-refractivity contribution in [3.05, 3.63) is 35.2 Å². The highest BCUT2D eigenvalue weighted by atomic mass is 16.1. The number of hydrogen-bond acceptors (Lipinski definition) is 3. The molecular formula is C13H15NO2. The van der Waals surface area contributed by atoms with E-state index in [4.69, 9.17) is 0 Å². The van der Waals surface area contributed by atoms with E-state index in [1.165, 1.54) is 0 Å². The van der Waals surface area contributed by atoms with Gasteiger partial charge in [0.05, 0.1) is 11.3 Å². The standard InChI is InChI=1S/C13H15NO2/c1-9-6-7-10(14(2)8-9)13-11(15)4-3-5-12(13)16/h6-8H,3-5H2,1-2H3. The lowest BCUT2D eigenvalue weighted by Crippen LogP contribution is -2.25. The van der Waals surface area contributed by atoms with Crippen molar-refractivity contribution in [3.8, 4) is 0 Å². The third kappa shape index (κ3) is 1.85. The molecule has 0 spiro atoms. The molecule has 84 valence electrons. The van der Waals surface area contributed by atoms with Gasteiger partial charge in [0.25, 0.3) is 0 Å². The quantitative estimate of drug-likeness (QED) is 0.460. The maximum Gasteiger partial charge on any atom is 0.168 e. The minimum atomic E-state index is -0.0179. The second-order valence-corrected chi connectivity index (χ2v) is 4.28. The van der Waals surface area contributed by atoms with Gasteiger partial charge in [0.15, 0.2) is 11.6 Å². The van der Waals surface area contributed by atoms with Gasteiger partial charge in [-0.3, -0.25) is 9.59 Å². The first kappa shape index (κ1) is 10.9. The average molecular weight is 217 g/mol. The Kier molecular flexibility index (Phi) is 2.77. The average Bonchev–Trinajstić information content (AvgIpc) is 2.20. The van der Waals surface area contributed by atoms with Gasteiger partial charge in [0.2, 0.25) is 0 Å². The lowest BCUT2D eigenvalue weighted by Gasteiger charge is -2.24. The molecule has 0 atom stereocenters. The molecule has 0 aromatic heterocycles. The Labute approximate surface area is 95.1 Å². The number of carbonyl (C=O) groups excluding carboxylic acids is 2. The van der Waals surface area contributed by atoms with E-state index in [9.17, 15) is 9.59 Å². The maximum absolute atomic E-state index is 11.8. The third-order valence-electron chi connectivity index (χ3n) is 2.90. The number of likely N-dealkylation sites (N-methyl/N-ethyl adjacent to an activating group) is 1. The van der Waals surface area contributed by atoms with Crippen molar-refractivity contribution >= 4 is 11.6 Å². The van der Waals surface area contributed by atoms with Crippen LogP contribution in [0.5, 0.6) is 0 Å². The highest BCUT2D eigenvalue weighted by Gasteiger charge is 2.27. The van der Waals surface area contributed by atoms with Crippen molar-refractivity contribution in [1.29, 1.82) is 0 Å². The highest BCUT2D eigenvalue weighted by molar-refractivity contribution is 6.22. The number of nitrogens with zero attached hydrogens (tertiary/aromatic N) is 1. The zero-order chi connectivity index (χ0) is 11.7. The van der Waals surface area contributed by atoms with Crippen molar-refractivity contribution in [1.82, 2.24) is 4.90 Å². The van der Waals surface area contributed by atoms with Gasteiger partial charge in [0.1, 0.15) is 0 Å². The van der Waals surface area contributed by atoms with Gasteiger partial charge < -0.3 is 4.90 Å². The molecule has 0 aromatic carbocycles. The minimum absolute atomic E-state index is 0.0179. The molecular weight excluding hydrogens is 202 g/mol. The Bertz CT molecular complexity index is 423. The summed E-state index contributed by atoms with van der Waals surface area (Å²) in [7, 11) is 1.87. The van der Waals surface area contributed by atoms with Crippen LogP contribution in [0.1, 0.15) is 26.2 Å². The fourth-order valence-electron chi connectivity index (χ4n) is 2.11. The smallest absolute Gasteiger partial charge is 0.168 e. The Hall–Kier alpha value is -1.64. The van der Waals surface area contributed by atoms with E-state index < -0.39 is 0 Å². The predicted octanol–water partition coefficient (Wildman–Crippen LogP) is 1.97. The monoisotopic (exact) mass is 217 g/mol. The first-order chi connectivity index (χ1) is 7.59. The van der Waals surface area contributed by atoms with Gasteiger partial charge in [-0.15, -0.1) is 0 Å². The molecule has 0 bridgehead atoms. The van der Waals surface area contributed by atoms with Crippen molar-refractivity contribution in [2.24, 2.45) is 0 Å². The van der Waals surface area contributed by atoms with Crippen LogP contribution in [0.3, 0.4) is 0 Å². The summed E-state index contributed by atoms with van der Waals surface area (Å²) in [6, 6.07) is 0. The second kappa shape index (κ2) is 4.08. The van der Waals surface area contributed by atoms with E-state index in [0.717, 1.165) is 11.3 Å². The second-order valence-electron chi connectivity index (χ2n) is 4.28. The molecule has 0 unspecified atom stereocenters. The van der Waals surface area contributed by atoms with Crippen LogP contribution in [0.2, 0.25) is 0 Å². The van der Waals surface area contributed by atoms with Gasteiger partial charge in [-0.25, -0.2) is 0 Å². The van der Waals surface area contributed by atoms with Crippen LogP contribution >= 0.6 is 0 Å². The van der Waals surface area contributed by atoms with E-state index in [1.54, 1.807) is 0 Å². The van der Waals surface area contributed by atoms with Gasteiger partial charge >= 0.3 is 0 Å². The van der Waals surface area contributed by atoms with E-state index in [-0.39, 0.29) is 11.6 Å². The summed E-state index contributed by atoms with van der Waals surface area (Å²) in [4.78, 5) is 25.4. The molecule has 1 saturated carbocycles. The third-order valence-corrected chi connectivity index (χ3v) is 2.90. The predicted molar refractivity (Wildman–Crippen MR) is 61.6 cm³/mol. The van der Waals surface area contributed by atoms with Crippen LogP contribution in [0.15, 0.2) is 35.2 Å². The molecule has 1 aliphatic carbocycles. The number of hydrogen-bond donors (Lipinski definition) is 0. The summed E-state index contributed by atoms with van der Waals surface area (Å²) >= 11 is 0. The van der Waals surface area contributed by atoms with Crippen LogP contribution in [-0.4, -0.2) is 23.5 Å². The number of Topliss-reactive ketones (excluding diaryl/α,β-unsaturated/α-hetero) is 2. The van der Waals surface area contributed by atoms with E-state index >= 15 is 0 Å². The summed E-state index contributed by atoms with van der Waals surface area (Å²) in [6.45, 7) is 1.99. The van der Waals surface area contributed by atoms with Crippen LogP contribution in [0.4, 0.5) is 0 Å². The van der Waals surface area contributed by atoms with Crippen molar-refractivity contribution < 1.29 is 9.59 Å². The van der Waals surface area contributed by atoms with Gasteiger partial charge in [-0.2, -0.15) is 0 Å². The molecule has 0 aromatic rings. The molecule has 2 rings (SSSR count). The molecule has 16 heavy (non-hydrogen) atoms. The fraction of sp³-hybridized carbons (Fsp3) is 0.385. The van der Waals surface area contributed by atoms with E-state index in [2.05, 4.69) is 0 Å². The molecule has 1 aliphatic heterocycles. The summed E-state index contributed by atoms with van der Waals surface area (Å²) in [5.74, 6) is -0.0357. The molecule has 0 amide bonds. The normalized spacial score (nSPS) is 21.6. The van der Waals surface area contributed by atoms with Crippen molar-refractivity contribution in [2.75, 3.05) is 7.05 Å². The molecule has 0 saturated heterocycles. The number of rotatable bonds is 0. The van der Waals surface area contributed by atoms with E-state index in [0.29, 0.717) is 24.8 Å². The summed E-state index contributed by atoms with van der Waals surface area (Å²) in [5.41, 5.74) is 2.23. The molecule has 0 N–H and O–H groups in total. The molecule has 2 aliphatic rings. The fourth-order valence-corrected chi connectivity index (χ4v) is 2.11. The summed E-state index contributed by atoms with van der Waals surface area (Å²) < 4.78 is 0. The minimum Gasteiger partial charge on any atom is -0.350 e. The Morgan fingerprint density at radius 1 is 1.12 bits per heavy atom.